The Bertz CT molecular complexity index is 343. The van der Waals surface area contributed by atoms with E-state index >= 15 is 0 Å². The summed E-state index contributed by atoms with van der Waals surface area (Å²) in [5, 5.41) is 3.25. The Balaban J connectivity index is 2.14. The van der Waals surface area contributed by atoms with E-state index in [0.717, 1.165) is 19.3 Å². The molecule has 4 heteroatoms. The number of nitrogens with one attached hydrogen (secondary N) is 1. The first-order chi connectivity index (χ1) is 8.95. The van der Waals surface area contributed by atoms with E-state index in [1.54, 1.807) is 0 Å². The zero-order valence-electron chi connectivity index (χ0n) is 12.8. The molecule has 2 unspecified atom stereocenters. The highest BCUT2D eigenvalue weighted by molar-refractivity contribution is 5.81. The third kappa shape index (κ3) is 2.65. The van der Waals surface area contributed by atoms with Crippen molar-refractivity contribution >= 4 is 5.97 Å². The molecular weight excluding hydrogens is 240 g/mol. The van der Waals surface area contributed by atoms with Crippen LogP contribution in [-0.4, -0.2) is 48.7 Å². The van der Waals surface area contributed by atoms with Gasteiger partial charge in [-0.05, 0) is 66.0 Å². The van der Waals surface area contributed by atoms with Crippen molar-refractivity contribution in [1.82, 2.24) is 10.2 Å². The summed E-state index contributed by atoms with van der Waals surface area (Å²) in [6, 6.07) is 0.498. The van der Waals surface area contributed by atoms with Crippen LogP contribution in [0.4, 0.5) is 0 Å². The molecule has 1 aliphatic heterocycles. The average Bonchev–Trinajstić information content (AvgIpc) is 2.77. The molecule has 0 spiro atoms. The molecule has 1 heterocycles. The molecule has 19 heavy (non-hydrogen) atoms. The van der Waals surface area contributed by atoms with Gasteiger partial charge < -0.3 is 10.1 Å². The highest BCUT2D eigenvalue weighted by Gasteiger charge is 2.47. The Morgan fingerprint density at radius 1 is 1.32 bits per heavy atom. The van der Waals surface area contributed by atoms with E-state index in [9.17, 15) is 4.79 Å². The van der Waals surface area contributed by atoms with Gasteiger partial charge in [-0.15, -0.1) is 0 Å². The fraction of sp³-hybridized carbons (Fsp3) is 0.933. The molecule has 110 valence electrons. The van der Waals surface area contributed by atoms with E-state index in [1.165, 1.54) is 32.9 Å². The molecule has 0 amide bonds. The van der Waals surface area contributed by atoms with Crippen LogP contribution in [0, 0.1) is 0 Å². The van der Waals surface area contributed by atoms with Crippen LogP contribution in [0.1, 0.15) is 52.4 Å². The molecule has 4 nitrogen and oxygen atoms in total. The van der Waals surface area contributed by atoms with Crippen LogP contribution in [0.5, 0.6) is 0 Å². The van der Waals surface area contributed by atoms with E-state index in [4.69, 9.17) is 4.74 Å². The quantitative estimate of drug-likeness (QED) is 0.794. The molecule has 2 fully saturated rings. The lowest BCUT2D eigenvalue weighted by molar-refractivity contribution is -0.151. The number of rotatable bonds is 3. The van der Waals surface area contributed by atoms with Crippen LogP contribution in [0.15, 0.2) is 0 Å². The molecule has 0 aromatic carbocycles. The Morgan fingerprint density at radius 2 is 2.05 bits per heavy atom. The van der Waals surface area contributed by atoms with Gasteiger partial charge in [0.1, 0.15) is 5.54 Å². The number of carbonyl (C=O) groups is 1. The lowest BCUT2D eigenvalue weighted by Gasteiger charge is -2.46. The van der Waals surface area contributed by atoms with Gasteiger partial charge in [0, 0.05) is 11.6 Å². The zero-order chi connectivity index (χ0) is 14.1. The third-order valence-corrected chi connectivity index (χ3v) is 5.19. The normalized spacial score (nSPS) is 35.3. The number of likely N-dealkylation sites (N-methyl/N-ethyl adjacent to an activating group) is 1. The molecule has 0 aromatic rings. The van der Waals surface area contributed by atoms with Crippen molar-refractivity contribution in [2.75, 3.05) is 20.7 Å². The first-order valence-corrected chi connectivity index (χ1v) is 7.49. The molecule has 0 radical (unpaired) electrons. The molecule has 1 aliphatic carbocycles. The second kappa shape index (κ2) is 5.41. The molecule has 2 rings (SSSR count). The van der Waals surface area contributed by atoms with Crippen molar-refractivity contribution < 1.29 is 9.53 Å². The van der Waals surface area contributed by atoms with Gasteiger partial charge >= 0.3 is 5.97 Å². The monoisotopic (exact) mass is 268 g/mol. The summed E-state index contributed by atoms with van der Waals surface area (Å²) in [6.45, 7) is 5.82. The predicted molar refractivity (Wildman–Crippen MR) is 76.1 cm³/mol. The standard InChI is InChI=1S/C15H28N2O2/c1-14(2)8-6-10-17(14)12-7-5-9-15(11-12,16-3)13(18)19-4/h12,16H,5-11H2,1-4H3. The summed E-state index contributed by atoms with van der Waals surface area (Å²) < 4.78 is 5.03. The largest absolute Gasteiger partial charge is 0.468 e. The minimum atomic E-state index is -0.476. The number of carbonyl (C=O) groups excluding carboxylic acids is 1. The first-order valence-electron chi connectivity index (χ1n) is 7.49. The molecule has 1 saturated carbocycles. The lowest BCUT2D eigenvalue weighted by Crippen LogP contribution is -2.59. The summed E-state index contributed by atoms with van der Waals surface area (Å²) in [5.41, 5.74) is -0.200. The SMILES string of the molecule is CNC1(C(=O)OC)CCCC(N2CCCC2(C)C)C1. The van der Waals surface area contributed by atoms with Crippen LogP contribution in [0.3, 0.4) is 0 Å². The Labute approximate surface area is 116 Å². The highest BCUT2D eigenvalue weighted by Crippen LogP contribution is 2.38. The minimum Gasteiger partial charge on any atom is -0.468 e. The number of likely N-dealkylation sites (tertiary alicyclic amines) is 1. The summed E-state index contributed by atoms with van der Waals surface area (Å²) in [6.07, 6.45) is 6.58. The Morgan fingerprint density at radius 3 is 2.58 bits per heavy atom. The molecule has 1 saturated heterocycles. The molecule has 0 aromatic heterocycles. The number of methoxy groups -OCH3 is 1. The number of hydrogen-bond acceptors (Lipinski definition) is 4. The van der Waals surface area contributed by atoms with Gasteiger partial charge in [-0.25, -0.2) is 0 Å². The van der Waals surface area contributed by atoms with Gasteiger partial charge in [-0.3, -0.25) is 9.69 Å². The van der Waals surface area contributed by atoms with E-state index in [2.05, 4.69) is 24.1 Å². The van der Waals surface area contributed by atoms with Gasteiger partial charge in [0.15, 0.2) is 0 Å². The Kier molecular flexibility index (Phi) is 4.21. The molecular formula is C15H28N2O2. The minimum absolute atomic E-state index is 0.100. The summed E-state index contributed by atoms with van der Waals surface area (Å²) in [5.74, 6) is -0.100. The topological polar surface area (TPSA) is 41.6 Å². The first kappa shape index (κ1) is 14.8. The summed E-state index contributed by atoms with van der Waals surface area (Å²) in [7, 11) is 3.37. The summed E-state index contributed by atoms with van der Waals surface area (Å²) >= 11 is 0. The predicted octanol–water partition coefficient (Wildman–Crippen LogP) is 1.93. The maximum absolute atomic E-state index is 12.1. The van der Waals surface area contributed by atoms with Crippen molar-refractivity contribution in [3.8, 4) is 0 Å². The maximum atomic E-state index is 12.1. The smallest absolute Gasteiger partial charge is 0.326 e. The Hall–Kier alpha value is -0.610. The van der Waals surface area contributed by atoms with Crippen molar-refractivity contribution in [2.45, 2.75) is 69.5 Å². The van der Waals surface area contributed by atoms with E-state index in [0.29, 0.717) is 6.04 Å². The van der Waals surface area contributed by atoms with Gasteiger partial charge in [0.25, 0.3) is 0 Å². The van der Waals surface area contributed by atoms with Crippen LogP contribution in [-0.2, 0) is 9.53 Å². The van der Waals surface area contributed by atoms with Gasteiger partial charge in [0.2, 0.25) is 0 Å². The van der Waals surface area contributed by atoms with E-state index < -0.39 is 5.54 Å². The average molecular weight is 268 g/mol. The number of ether oxygens (including phenoxy) is 1. The van der Waals surface area contributed by atoms with E-state index in [-0.39, 0.29) is 11.5 Å². The lowest BCUT2D eigenvalue weighted by atomic mass is 9.77. The summed E-state index contributed by atoms with van der Waals surface area (Å²) in [4.78, 5) is 14.8. The highest BCUT2D eigenvalue weighted by atomic mass is 16.5. The van der Waals surface area contributed by atoms with Crippen molar-refractivity contribution in [2.24, 2.45) is 0 Å². The molecule has 1 N–H and O–H groups in total. The second-order valence-electron chi connectivity index (χ2n) is 6.68. The van der Waals surface area contributed by atoms with Crippen molar-refractivity contribution in [3.63, 3.8) is 0 Å². The van der Waals surface area contributed by atoms with Gasteiger partial charge in [-0.1, -0.05) is 0 Å². The van der Waals surface area contributed by atoms with Gasteiger partial charge in [0.05, 0.1) is 7.11 Å². The number of esters is 1. The fourth-order valence-electron chi connectivity index (χ4n) is 4.03. The molecule has 2 aliphatic rings. The van der Waals surface area contributed by atoms with Crippen LogP contribution in [0.25, 0.3) is 0 Å². The fourth-order valence-corrected chi connectivity index (χ4v) is 4.03. The van der Waals surface area contributed by atoms with Gasteiger partial charge in [-0.2, -0.15) is 0 Å². The maximum Gasteiger partial charge on any atom is 0.326 e. The number of nitrogens with zero attached hydrogens (tertiary/aromatic N) is 1. The van der Waals surface area contributed by atoms with Crippen molar-refractivity contribution in [3.05, 3.63) is 0 Å². The van der Waals surface area contributed by atoms with Crippen LogP contribution >= 0.6 is 0 Å². The molecule has 2 atom stereocenters. The van der Waals surface area contributed by atoms with Crippen molar-refractivity contribution in [1.29, 1.82) is 0 Å². The zero-order valence-corrected chi connectivity index (χ0v) is 12.8. The van der Waals surface area contributed by atoms with Crippen LogP contribution in [0.2, 0.25) is 0 Å². The van der Waals surface area contributed by atoms with E-state index in [1.807, 2.05) is 7.05 Å². The molecule has 0 bridgehead atoms. The third-order valence-electron chi connectivity index (χ3n) is 5.19. The van der Waals surface area contributed by atoms with Crippen LogP contribution < -0.4 is 5.32 Å². The number of hydrogen-bond donors (Lipinski definition) is 1. The second-order valence-corrected chi connectivity index (χ2v) is 6.68.